The summed E-state index contributed by atoms with van der Waals surface area (Å²) >= 11 is 0. The summed E-state index contributed by atoms with van der Waals surface area (Å²) < 4.78 is 0. The minimum Gasteiger partial charge on any atom is -0.352 e. The van der Waals surface area contributed by atoms with Crippen LogP contribution in [0.25, 0.3) is 0 Å². The minimum atomic E-state index is -0.202. The molecule has 1 aliphatic heterocycles. The first kappa shape index (κ1) is 16.1. The summed E-state index contributed by atoms with van der Waals surface area (Å²) in [5, 5.41) is 9.43. The Morgan fingerprint density at radius 3 is 2.57 bits per heavy atom. The fourth-order valence-electron chi connectivity index (χ4n) is 2.69. The van der Waals surface area contributed by atoms with Crippen LogP contribution in [0, 0.1) is 0 Å². The summed E-state index contributed by atoms with van der Waals surface area (Å²) in [5.41, 5.74) is -0.202. The number of nitrogens with one attached hydrogen (secondary N) is 3. The number of nitrogens with zero attached hydrogens (tertiary/aromatic N) is 2. The fourth-order valence-corrected chi connectivity index (χ4v) is 2.69. The molecule has 0 spiro atoms. The maximum absolute atomic E-state index is 11.8. The van der Waals surface area contributed by atoms with Gasteiger partial charge >= 0.3 is 0 Å². The van der Waals surface area contributed by atoms with Crippen molar-refractivity contribution in [3.05, 3.63) is 0 Å². The molecule has 1 saturated carbocycles. The van der Waals surface area contributed by atoms with Crippen molar-refractivity contribution in [3.63, 3.8) is 0 Å². The number of guanidine groups is 1. The molecule has 0 aromatic rings. The molecule has 1 aliphatic carbocycles. The van der Waals surface area contributed by atoms with E-state index in [1.807, 2.05) is 20.8 Å². The number of amides is 1. The highest BCUT2D eigenvalue weighted by molar-refractivity contribution is 5.86. The van der Waals surface area contributed by atoms with Crippen molar-refractivity contribution in [1.29, 1.82) is 0 Å². The second-order valence-electron chi connectivity index (χ2n) is 7.08. The van der Waals surface area contributed by atoms with Gasteiger partial charge in [-0.1, -0.05) is 0 Å². The van der Waals surface area contributed by atoms with Crippen LogP contribution in [-0.4, -0.2) is 61.1 Å². The van der Waals surface area contributed by atoms with E-state index in [0.29, 0.717) is 12.0 Å². The van der Waals surface area contributed by atoms with Crippen molar-refractivity contribution >= 4 is 11.9 Å². The molecule has 0 aromatic heterocycles. The van der Waals surface area contributed by atoms with Gasteiger partial charge in [0.05, 0.1) is 6.54 Å². The molecule has 0 radical (unpaired) electrons. The maximum Gasteiger partial charge on any atom is 0.239 e. The van der Waals surface area contributed by atoms with Gasteiger partial charge in [-0.2, -0.15) is 0 Å². The molecule has 2 rings (SSSR count). The molecule has 120 valence electrons. The van der Waals surface area contributed by atoms with Gasteiger partial charge in [0, 0.05) is 37.8 Å². The van der Waals surface area contributed by atoms with E-state index in [2.05, 4.69) is 25.8 Å². The van der Waals surface area contributed by atoms with Gasteiger partial charge in [-0.15, -0.1) is 0 Å². The summed E-state index contributed by atoms with van der Waals surface area (Å²) in [6, 6.07) is 1.26. The van der Waals surface area contributed by atoms with Crippen molar-refractivity contribution in [2.75, 3.05) is 26.7 Å². The predicted molar refractivity (Wildman–Crippen MR) is 85.4 cm³/mol. The van der Waals surface area contributed by atoms with Crippen molar-refractivity contribution in [2.45, 2.75) is 57.7 Å². The zero-order valence-corrected chi connectivity index (χ0v) is 13.7. The van der Waals surface area contributed by atoms with Gasteiger partial charge < -0.3 is 16.0 Å². The second-order valence-corrected chi connectivity index (χ2v) is 7.08. The lowest BCUT2D eigenvalue weighted by molar-refractivity contribution is -0.121. The molecule has 1 saturated heterocycles. The summed E-state index contributed by atoms with van der Waals surface area (Å²) in [6.45, 7) is 8.42. The van der Waals surface area contributed by atoms with Crippen LogP contribution in [0.5, 0.6) is 0 Å². The molecule has 1 atom stereocenters. The Labute approximate surface area is 127 Å². The lowest BCUT2D eigenvalue weighted by atomic mass is 10.1. The molecule has 21 heavy (non-hydrogen) atoms. The Bertz CT molecular complexity index is 397. The Hall–Kier alpha value is -1.30. The van der Waals surface area contributed by atoms with Crippen LogP contribution >= 0.6 is 0 Å². The molecule has 2 aliphatic rings. The third-order valence-corrected chi connectivity index (χ3v) is 3.78. The van der Waals surface area contributed by atoms with E-state index in [1.165, 1.54) is 19.4 Å². The van der Waals surface area contributed by atoms with E-state index in [-0.39, 0.29) is 18.0 Å². The number of likely N-dealkylation sites (tertiary alicyclic amines) is 1. The number of carbonyl (C=O) groups excluding carboxylic acids is 1. The normalized spacial score (nSPS) is 24.0. The Kier molecular flexibility index (Phi) is 5.08. The van der Waals surface area contributed by atoms with E-state index in [4.69, 9.17) is 0 Å². The molecular formula is C15H29N5O. The average Bonchev–Trinajstić information content (AvgIpc) is 3.13. The highest BCUT2D eigenvalue weighted by atomic mass is 16.2. The zero-order valence-electron chi connectivity index (χ0n) is 13.7. The van der Waals surface area contributed by atoms with Crippen LogP contribution in [0.15, 0.2) is 4.99 Å². The Morgan fingerprint density at radius 2 is 2.00 bits per heavy atom. The summed E-state index contributed by atoms with van der Waals surface area (Å²) in [5.74, 6) is 0.693. The van der Waals surface area contributed by atoms with Gasteiger partial charge in [-0.3, -0.25) is 14.7 Å². The summed E-state index contributed by atoms with van der Waals surface area (Å²) in [7, 11) is 1.74. The van der Waals surface area contributed by atoms with Crippen LogP contribution < -0.4 is 16.0 Å². The molecule has 6 nitrogen and oxygen atoms in total. The Morgan fingerprint density at radius 1 is 1.29 bits per heavy atom. The van der Waals surface area contributed by atoms with Gasteiger partial charge in [0.15, 0.2) is 5.96 Å². The third kappa shape index (κ3) is 5.53. The van der Waals surface area contributed by atoms with Gasteiger partial charge in [0.1, 0.15) is 0 Å². The predicted octanol–water partition coefficient (Wildman–Crippen LogP) is 0.303. The highest BCUT2D eigenvalue weighted by Crippen LogP contribution is 2.29. The van der Waals surface area contributed by atoms with Crippen LogP contribution in [0.2, 0.25) is 0 Å². The lowest BCUT2D eigenvalue weighted by Crippen LogP contribution is -2.50. The van der Waals surface area contributed by atoms with Gasteiger partial charge in [-0.05, 0) is 40.0 Å². The first-order valence-corrected chi connectivity index (χ1v) is 7.89. The van der Waals surface area contributed by atoms with Crippen molar-refractivity contribution in [1.82, 2.24) is 20.9 Å². The standard InChI is InChI=1S/C15H29N5O/c1-15(2,3)19-13(21)9-17-14(16-4)18-11-7-8-20(10-11)12-5-6-12/h11-12H,5-10H2,1-4H3,(H,19,21)(H2,16,17,18). The number of hydrogen-bond donors (Lipinski definition) is 3. The molecule has 3 N–H and O–H groups in total. The minimum absolute atomic E-state index is 0.0171. The van der Waals surface area contributed by atoms with Crippen molar-refractivity contribution in [3.8, 4) is 0 Å². The van der Waals surface area contributed by atoms with Gasteiger partial charge in [-0.25, -0.2) is 0 Å². The molecule has 6 heteroatoms. The SMILES string of the molecule is CN=C(NCC(=O)NC(C)(C)C)NC1CCN(C2CC2)C1. The van der Waals surface area contributed by atoms with Crippen LogP contribution in [0.4, 0.5) is 0 Å². The first-order valence-electron chi connectivity index (χ1n) is 7.89. The first-order chi connectivity index (χ1) is 9.87. The quantitative estimate of drug-likeness (QED) is 0.515. The van der Waals surface area contributed by atoms with Crippen LogP contribution in [-0.2, 0) is 4.79 Å². The topological polar surface area (TPSA) is 68.8 Å². The number of aliphatic imine (C=N–C) groups is 1. The van der Waals surface area contributed by atoms with Crippen LogP contribution in [0.3, 0.4) is 0 Å². The molecule has 1 amide bonds. The fraction of sp³-hybridized carbons (Fsp3) is 0.867. The smallest absolute Gasteiger partial charge is 0.239 e. The third-order valence-electron chi connectivity index (χ3n) is 3.78. The maximum atomic E-state index is 11.8. The molecular weight excluding hydrogens is 266 g/mol. The largest absolute Gasteiger partial charge is 0.352 e. The van der Waals surface area contributed by atoms with Crippen LogP contribution in [0.1, 0.15) is 40.0 Å². The second kappa shape index (κ2) is 6.64. The van der Waals surface area contributed by atoms with E-state index in [0.717, 1.165) is 19.0 Å². The molecule has 2 fully saturated rings. The van der Waals surface area contributed by atoms with E-state index >= 15 is 0 Å². The van der Waals surface area contributed by atoms with E-state index < -0.39 is 0 Å². The van der Waals surface area contributed by atoms with Crippen molar-refractivity contribution < 1.29 is 4.79 Å². The monoisotopic (exact) mass is 295 g/mol. The highest BCUT2D eigenvalue weighted by Gasteiger charge is 2.34. The zero-order chi connectivity index (χ0) is 15.5. The Balaban J connectivity index is 1.70. The van der Waals surface area contributed by atoms with Crippen molar-refractivity contribution in [2.24, 2.45) is 4.99 Å². The molecule has 1 unspecified atom stereocenters. The van der Waals surface area contributed by atoms with E-state index in [1.54, 1.807) is 7.05 Å². The number of carbonyl (C=O) groups is 1. The van der Waals surface area contributed by atoms with Gasteiger partial charge in [0.25, 0.3) is 0 Å². The average molecular weight is 295 g/mol. The van der Waals surface area contributed by atoms with Gasteiger partial charge in [0.2, 0.25) is 5.91 Å². The number of hydrogen-bond acceptors (Lipinski definition) is 3. The molecule has 0 bridgehead atoms. The summed E-state index contributed by atoms with van der Waals surface area (Å²) in [4.78, 5) is 18.6. The molecule has 0 aromatic carbocycles. The van der Waals surface area contributed by atoms with E-state index in [9.17, 15) is 4.79 Å². The molecule has 1 heterocycles. The summed E-state index contributed by atoms with van der Waals surface area (Å²) in [6.07, 6.45) is 3.85. The lowest BCUT2D eigenvalue weighted by Gasteiger charge is -2.22. The number of rotatable bonds is 4.